The van der Waals surface area contributed by atoms with Crippen LogP contribution in [0.25, 0.3) is 0 Å². The number of hydrogen-bond donors (Lipinski definition) is 6. The number of benzene rings is 2. The van der Waals surface area contributed by atoms with Crippen LogP contribution in [0.3, 0.4) is 0 Å². The number of aliphatic hydroxyl groups excluding tert-OH is 1. The molecule has 1 aliphatic rings. The summed E-state index contributed by atoms with van der Waals surface area (Å²) in [4.78, 5) is 0. The van der Waals surface area contributed by atoms with E-state index in [4.69, 9.17) is 9.47 Å². The molecule has 0 fully saturated rings. The highest BCUT2D eigenvalue weighted by Crippen LogP contribution is 2.66. The van der Waals surface area contributed by atoms with Crippen LogP contribution in [-0.4, -0.2) is 48.4 Å². The molecule has 0 aromatic heterocycles. The lowest BCUT2D eigenvalue weighted by atomic mass is 9.90. The van der Waals surface area contributed by atoms with E-state index in [1.807, 2.05) is 0 Å². The van der Waals surface area contributed by atoms with E-state index in [0.717, 1.165) is 12.1 Å². The second-order valence-corrected chi connectivity index (χ2v) is 9.41. The van der Waals surface area contributed by atoms with E-state index in [2.05, 4.69) is 47.8 Å². The van der Waals surface area contributed by atoms with Gasteiger partial charge in [0.15, 0.2) is 16.0 Å². The van der Waals surface area contributed by atoms with Gasteiger partial charge in [-0.15, -0.1) is 0 Å². The summed E-state index contributed by atoms with van der Waals surface area (Å²) in [6.45, 7) is -0.621. The Labute approximate surface area is 184 Å². The van der Waals surface area contributed by atoms with Crippen LogP contribution in [0.4, 0.5) is 0 Å². The zero-order chi connectivity index (χ0) is 20.9. The Morgan fingerprint density at radius 3 is 2.21 bits per heavy atom. The van der Waals surface area contributed by atoms with Crippen molar-refractivity contribution in [1.82, 2.24) is 0 Å². The topological polar surface area (TPSA) is 140 Å². The first-order valence-corrected chi connectivity index (χ1v) is 10.2. The van der Waals surface area contributed by atoms with Crippen molar-refractivity contribution in [2.75, 3.05) is 13.2 Å². The molecule has 2 aromatic carbocycles. The highest BCUT2D eigenvalue weighted by atomic mass is 79.9. The van der Waals surface area contributed by atoms with Crippen molar-refractivity contribution in [3.63, 3.8) is 0 Å². The number of rotatable bonds is 4. The smallest absolute Gasteiger partial charge is 0.231 e. The molecule has 1 heterocycles. The number of phenolic OH excluding ortho intramolecular Hbond substituents is 4. The van der Waals surface area contributed by atoms with E-state index in [1.54, 1.807) is 0 Å². The van der Waals surface area contributed by atoms with E-state index < -0.39 is 25.0 Å². The molecule has 8 nitrogen and oxygen atoms in total. The van der Waals surface area contributed by atoms with Crippen molar-refractivity contribution in [1.29, 1.82) is 0 Å². The van der Waals surface area contributed by atoms with Gasteiger partial charge in [0.25, 0.3) is 0 Å². The minimum Gasteiger partial charge on any atom is -0.508 e. The molecule has 0 saturated carbocycles. The quantitative estimate of drug-likeness (QED) is 0.237. The van der Waals surface area contributed by atoms with E-state index in [1.165, 1.54) is 18.2 Å². The SMILES string of the molecule is OCCOC1(Br)c2c(O)cc(O)cc2OC(Br)(c2ccc(O)c(O)c2)C1(O)Br. The molecule has 1 aliphatic heterocycles. The van der Waals surface area contributed by atoms with Gasteiger partial charge in [-0.05, 0) is 59.9 Å². The number of halogens is 3. The second kappa shape index (κ2) is 7.22. The number of hydrogen-bond acceptors (Lipinski definition) is 8. The van der Waals surface area contributed by atoms with Gasteiger partial charge in [0, 0.05) is 17.7 Å². The van der Waals surface area contributed by atoms with Crippen molar-refractivity contribution in [2.45, 2.75) is 13.5 Å². The van der Waals surface area contributed by atoms with Gasteiger partial charge in [0.05, 0.1) is 18.8 Å². The van der Waals surface area contributed by atoms with Gasteiger partial charge in [-0.3, -0.25) is 0 Å². The molecule has 28 heavy (non-hydrogen) atoms. The molecule has 152 valence electrons. The molecule has 6 N–H and O–H groups in total. The molecular formula is C17H15Br3O8. The van der Waals surface area contributed by atoms with Gasteiger partial charge in [-0.1, -0.05) is 6.07 Å². The van der Waals surface area contributed by atoms with Crippen molar-refractivity contribution in [3.8, 4) is 28.7 Å². The predicted octanol–water partition coefficient (Wildman–Crippen LogP) is 2.79. The first-order valence-electron chi connectivity index (χ1n) is 7.79. The third kappa shape index (κ3) is 3.04. The maximum absolute atomic E-state index is 11.5. The van der Waals surface area contributed by atoms with Crippen molar-refractivity contribution < 1.29 is 40.1 Å². The average molecular weight is 587 g/mol. The van der Waals surface area contributed by atoms with Crippen LogP contribution >= 0.6 is 47.8 Å². The minimum atomic E-state index is -2.19. The highest BCUT2D eigenvalue weighted by Gasteiger charge is 2.69. The molecular weight excluding hydrogens is 572 g/mol. The molecule has 3 atom stereocenters. The highest BCUT2D eigenvalue weighted by molar-refractivity contribution is 9.14. The summed E-state index contributed by atoms with van der Waals surface area (Å²) >= 11 is 9.81. The second-order valence-electron chi connectivity index (χ2n) is 6.03. The van der Waals surface area contributed by atoms with E-state index in [-0.39, 0.29) is 41.6 Å². The Balaban J connectivity index is 2.30. The van der Waals surface area contributed by atoms with Gasteiger partial charge in [0.2, 0.25) is 9.02 Å². The lowest BCUT2D eigenvalue weighted by molar-refractivity contribution is -0.151. The molecule has 0 amide bonds. The summed E-state index contributed by atoms with van der Waals surface area (Å²) in [5.74, 6) is -1.65. The lowest BCUT2D eigenvalue weighted by Gasteiger charge is -2.52. The Kier molecular flexibility index (Phi) is 5.54. The third-order valence-corrected chi connectivity index (χ3v) is 8.80. The first-order chi connectivity index (χ1) is 13.0. The van der Waals surface area contributed by atoms with Gasteiger partial charge >= 0.3 is 0 Å². The number of aliphatic hydroxyl groups is 2. The third-order valence-electron chi connectivity index (χ3n) is 4.23. The molecule has 3 rings (SSSR count). The molecule has 2 aromatic rings. The Morgan fingerprint density at radius 1 is 0.929 bits per heavy atom. The van der Waals surface area contributed by atoms with Crippen molar-refractivity contribution in [2.24, 2.45) is 0 Å². The summed E-state index contributed by atoms with van der Waals surface area (Å²) in [5, 5.41) is 60.4. The molecule has 0 bridgehead atoms. The van der Waals surface area contributed by atoms with Crippen molar-refractivity contribution in [3.05, 3.63) is 41.5 Å². The molecule has 11 heteroatoms. The van der Waals surface area contributed by atoms with E-state index in [0.29, 0.717) is 0 Å². The monoisotopic (exact) mass is 584 g/mol. The first kappa shape index (κ1) is 21.5. The average Bonchev–Trinajstić information content (AvgIpc) is 2.60. The number of fused-ring (bicyclic) bond motifs is 1. The Hall–Kier alpha value is -1.24. The van der Waals surface area contributed by atoms with Crippen LogP contribution < -0.4 is 4.74 Å². The standard InChI is InChI=1S/C17H15Br3O8/c18-15(8-1-2-10(23)11(24)5-8)17(20,26)16(19,27-4-3-21)14-12(25)6-9(22)7-13(14)28-15/h1-2,5-7,21-26H,3-4H2. The molecule has 0 saturated heterocycles. The zero-order valence-electron chi connectivity index (χ0n) is 13.9. The van der Waals surface area contributed by atoms with Crippen LogP contribution in [0.2, 0.25) is 0 Å². The fourth-order valence-electron chi connectivity index (χ4n) is 2.91. The minimum absolute atomic E-state index is 0.0452. The van der Waals surface area contributed by atoms with Gasteiger partial charge in [-0.25, -0.2) is 0 Å². The van der Waals surface area contributed by atoms with Crippen molar-refractivity contribution >= 4 is 47.8 Å². The molecule has 3 unspecified atom stereocenters. The predicted molar refractivity (Wildman–Crippen MR) is 108 cm³/mol. The van der Waals surface area contributed by atoms with Crippen LogP contribution in [0, 0.1) is 0 Å². The Bertz CT molecular complexity index is 922. The zero-order valence-corrected chi connectivity index (χ0v) is 18.7. The molecule has 0 spiro atoms. The summed E-state index contributed by atoms with van der Waals surface area (Å²) in [7, 11) is 0. The fraction of sp³-hybridized carbons (Fsp3) is 0.294. The number of ether oxygens (including phenoxy) is 2. The van der Waals surface area contributed by atoms with Crippen LogP contribution in [-0.2, 0) is 13.8 Å². The van der Waals surface area contributed by atoms with Crippen LogP contribution in [0.5, 0.6) is 28.7 Å². The maximum Gasteiger partial charge on any atom is 0.231 e. The van der Waals surface area contributed by atoms with Gasteiger partial charge in [0.1, 0.15) is 17.2 Å². The summed E-state index contributed by atoms with van der Waals surface area (Å²) in [6.07, 6.45) is 0. The van der Waals surface area contributed by atoms with Gasteiger partial charge in [-0.2, -0.15) is 0 Å². The number of alkyl halides is 3. The lowest BCUT2D eigenvalue weighted by Crippen LogP contribution is -2.61. The molecule has 0 radical (unpaired) electrons. The number of aromatic hydroxyl groups is 4. The molecule has 0 aliphatic carbocycles. The number of phenols is 4. The normalized spacial score (nSPS) is 29.2. The Morgan fingerprint density at radius 2 is 1.61 bits per heavy atom. The summed E-state index contributed by atoms with van der Waals surface area (Å²) in [5.41, 5.74) is 0.114. The fourth-order valence-corrected chi connectivity index (χ4v) is 5.34. The van der Waals surface area contributed by atoms with E-state index in [9.17, 15) is 30.6 Å². The maximum atomic E-state index is 11.5. The van der Waals surface area contributed by atoms with E-state index >= 15 is 0 Å². The largest absolute Gasteiger partial charge is 0.508 e. The summed E-state index contributed by atoms with van der Waals surface area (Å²) < 4.78 is 5.63. The summed E-state index contributed by atoms with van der Waals surface area (Å²) in [6, 6.07) is 5.97. The van der Waals surface area contributed by atoms with Crippen LogP contribution in [0.1, 0.15) is 11.1 Å². The van der Waals surface area contributed by atoms with Gasteiger partial charge < -0.3 is 40.1 Å². The van der Waals surface area contributed by atoms with Crippen LogP contribution in [0.15, 0.2) is 30.3 Å².